The normalized spacial score (nSPS) is 11.9. The number of non-ortho nitro benzene ring substituents is 1. The van der Waals surface area contributed by atoms with Gasteiger partial charge in [0, 0.05) is 24.0 Å². The molecule has 1 atom stereocenters. The smallest absolute Gasteiger partial charge is 0.325 e. The highest BCUT2D eigenvalue weighted by Crippen LogP contribution is 2.15. The summed E-state index contributed by atoms with van der Waals surface area (Å²) < 4.78 is 0. The summed E-state index contributed by atoms with van der Waals surface area (Å²) in [6.45, 7) is 1.26. The van der Waals surface area contributed by atoms with Crippen LogP contribution in [0.15, 0.2) is 36.0 Å². The average Bonchev–Trinajstić information content (AvgIpc) is 2.48. The van der Waals surface area contributed by atoms with Gasteiger partial charge in [0.15, 0.2) is 0 Å². The van der Waals surface area contributed by atoms with Crippen molar-refractivity contribution >= 4 is 23.3 Å². The minimum atomic E-state index is -1.23. The van der Waals surface area contributed by atoms with E-state index in [0.29, 0.717) is 5.69 Å². The molecule has 3 N–H and O–H groups in total. The summed E-state index contributed by atoms with van der Waals surface area (Å²) >= 11 is 0. The summed E-state index contributed by atoms with van der Waals surface area (Å²) in [7, 11) is 0. The lowest BCUT2D eigenvalue weighted by atomic mass is 10.2. The van der Waals surface area contributed by atoms with Crippen LogP contribution in [0.5, 0.6) is 0 Å². The van der Waals surface area contributed by atoms with E-state index >= 15 is 0 Å². The predicted octanol–water partition coefficient (Wildman–Crippen LogP) is 1.00. The fourth-order valence-electron chi connectivity index (χ4n) is 1.32. The maximum atomic E-state index is 11.7. The van der Waals surface area contributed by atoms with Gasteiger partial charge in [-0.05, 0) is 19.1 Å². The van der Waals surface area contributed by atoms with E-state index < -0.39 is 22.8 Å². The molecule has 0 fully saturated rings. The molecule has 1 rings (SSSR count). The first-order valence-corrected chi connectivity index (χ1v) is 6.00. The molecule has 0 bridgehead atoms. The van der Waals surface area contributed by atoms with Crippen LogP contribution in [0.25, 0.3) is 0 Å². The van der Waals surface area contributed by atoms with E-state index in [4.69, 9.17) is 10.4 Å². The molecule has 1 aromatic rings. The van der Waals surface area contributed by atoms with Crippen molar-refractivity contribution in [3.8, 4) is 6.07 Å². The molecule has 1 unspecified atom stereocenters. The molecule has 22 heavy (non-hydrogen) atoms. The fraction of sp³-hybridized carbons (Fsp3) is 0.154. The molecule has 1 amide bonds. The van der Waals surface area contributed by atoms with Crippen LogP contribution >= 0.6 is 0 Å². The van der Waals surface area contributed by atoms with E-state index in [0.717, 1.165) is 6.20 Å². The maximum absolute atomic E-state index is 11.7. The van der Waals surface area contributed by atoms with Crippen LogP contribution in [0.2, 0.25) is 0 Å². The van der Waals surface area contributed by atoms with Crippen LogP contribution in [-0.4, -0.2) is 27.9 Å². The van der Waals surface area contributed by atoms with Crippen molar-refractivity contribution in [2.24, 2.45) is 0 Å². The van der Waals surface area contributed by atoms with E-state index in [1.165, 1.54) is 31.2 Å². The first-order chi connectivity index (χ1) is 10.3. The summed E-state index contributed by atoms with van der Waals surface area (Å²) in [4.78, 5) is 32.2. The number of carbonyl (C=O) groups is 2. The number of anilines is 1. The van der Waals surface area contributed by atoms with Gasteiger partial charge in [0.2, 0.25) is 0 Å². The third-order valence-corrected chi connectivity index (χ3v) is 2.54. The molecule has 9 nitrogen and oxygen atoms in total. The highest BCUT2D eigenvalue weighted by molar-refractivity contribution is 5.99. The van der Waals surface area contributed by atoms with Crippen LogP contribution < -0.4 is 10.6 Å². The molecule has 0 saturated carbocycles. The maximum Gasteiger partial charge on any atom is 0.325 e. The van der Waals surface area contributed by atoms with Gasteiger partial charge in [0.1, 0.15) is 17.7 Å². The summed E-state index contributed by atoms with van der Waals surface area (Å²) in [5, 5.41) is 32.8. The molecule has 0 heterocycles. The molecule has 0 radical (unpaired) electrons. The quantitative estimate of drug-likeness (QED) is 0.307. The number of nitro groups is 1. The van der Waals surface area contributed by atoms with Crippen molar-refractivity contribution in [2.75, 3.05) is 5.32 Å². The topological polar surface area (TPSA) is 145 Å². The summed E-state index contributed by atoms with van der Waals surface area (Å²) in [5.74, 6) is -2.07. The number of amides is 1. The van der Waals surface area contributed by atoms with Crippen molar-refractivity contribution in [2.45, 2.75) is 13.0 Å². The number of benzene rings is 1. The van der Waals surface area contributed by atoms with E-state index in [-0.39, 0.29) is 11.3 Å². The van der Waals surface area contributed by atoms with Crippen LogP contribution in [0.4, 0.5) is 11.4 Å². The first-order valence-electron chi connectivity index (χ1n) is 6.00. The lowest BCUT2D eigenvalue weighted by molar-refractivity contribution is -0.384. The van der Waals surface area contributed by atoms with Crippen LogP contribution in [0.3, 0.4) is 0 Å². The highest BCUT2D eigenvalue weighted by Gasteiger charge is 2.16. The average molecular weight is 304 g/mol. The molecule has 9 heteroatoms. The predicted molar refractivity (Wildman–Crippen MR) is 75.7 cm³/mol. The van der Waals surface area contributed by atoms with Gasteiger partial charge in [-0.2, -0.15) is 5.26 Å². The van der Waals surface area contributed by atoms with Gasteiger partial charge in [-0.3, -0.25) is 19.7 Å². The molecule has 0 aliphatic heterocycles. The molecule has 0 saturated heterocycles. The number of carboxylic acid groups (broad SMARTS) is 1. The third kappa shape index (κ3) is 4.61. The summed E-state index contributed by atoms with van der Waals surface area (Å²) in [5.41, 5.74) is 0.00643. The number of rotatable bonds is 6. The summed E-state index contributed by atoms with van der Waals surface area (Å²) in [6, 6.07) is 5.82. The molecule has 114 valence electrons. The fourth-order valence-corrected chi connectivity index (χ4v) is 1.32. The Bertz CT molecular complexity index is 660. The second-order valence-corrected chi connectivity index (χ2v) is 4.15. The van der Waals surface area contributed by atoms with E-state index in [9.17, 15) is 19.7 Å². The lowest BCUT2D eigenvalue weighted by Crippen LogP contribution is -2.39. The van der Waals surface area contributed by atoms with Crippen LogP contribution in [-0.2, 0) is 9.59 Å². The Morgan fingerprint density at radius 2 is 2.00 bits per heavy atom. The second kappa shape index (κ2) is 7.39. The number of nitro benzene ring substituents is 1. The number of hydrogen-bond acceptors (Lipinski definition) is 6. The third-order valence-electron chi connectivity index (χ3n) is 2.54. The Morgan fingerprint density at radius 1 is 1.41 bits per heavy atom. The Morgan fingerprint density at radius 3 is 2.45 bits per heavy atom. The first kappa shape index (κ1) is 16.6. The van der Waals surface area contributed by atoms with Crippen molar-refractivity contribution in [1.29, 1.82) is 5.26 Å². The van der Waals surface area contributed by atoms with E-state index in [1.807, 2.05) is 0 Å². The largest absolute Gasteiger partial charge is 0.480 e. The monoisotopic (exact) mass is 304 g/mol. The zero-order valence-corrected chi connectivity index (χ0v) is 11.4. The summed E-state index contributed by atoms with van der Waals surface area (Å²) in [6.07, 6.45) is 1.09. The lowest BCUT2D eigenvalue weighted by Gasteiger charge is -2.08. The second-order valence-electron chi connectivity index (χ2n) is 4.15. The van der Waals surface area contributed by atoms with Crippen molar-refractivity contribution in [3.05, 3.63) is 46.2 Å². The Kier molecular flexibility index (Phi) is 5.59. The molecular weight excluding hydrogens is 292 g/mol. The number of hydrogen-bond donors (Lipinski definition) is 3. The van der Waals surface area contributed by atoms with Crippen molar-refractivity contribution < 1.29 is 19.6 Å². The van der Waals surface area contributed by atoms with Gasteiger partial charge in [0.25, 0.3) is 11.6 Å². The van der Waals surface area contributed by atoms with E-state index in [1.54, 1.807) is 6.07 Å². The number of nitrogens with zero attached hydrogens (tertiary/aromatic N) is 2. The minimum absolute atomic E-state index is 0.0944. The molecule has 0 aliphatic carbocycles. The van der Waals surface area contributed by atoms with Crippen LogP contribution in [0.1, 0.15) is 6.92 Å². The number of carbonyl (C=O) groups excluding carboxylic acids is 1. The standard InChI is InChI=1S/C13H12N4O5/c1-8(13(19)20)16-12(18)9(6-14)7-15-10-2-4-11(5-3-10)17(21)22/h2-5,7-8,15H,1H3,(H,16,18)(H,19,20)/b9-7-. The molecule has 1 aromatic carbocycles. The van der Waals surface area contributed by atoms with Gasteiger partial charge in [-0.15, -0.1) is 0 Å². The van der Waals surface area contributed by atoms with E-state index in [2.05, 4.69) is 10.6 Å². The van der Waals surface area contributed by atoms with Gasteiger partial charge in [-0.25, -0.2) is 0 Å². The minimum Gasteiger partial charge on any atom is -0.480 e. The molecular formula is C13H12N4O5. The Hall–Kier alpha value is -3.41. The number of nitrogens with one attached hydrogen (secondary N) is 2. The van der Waals surface area contributed by atoms with Crippen molar-refractivity contribution in [1.82, 2.24) is 5.32 Å². The zero-order chi connectivity index (χ0) is 16.7. The van der Waals surface area contributed by atoms with Crippen molar-refractivity contribution in [3.63, 3.8) is 0 Å². The number of nitriles is 1. The number of aliphatic carboxylic acids is 1. The Labute approximate surface area is 125 Å². The molecule has 0 aromatic heterocycles. The van der Waals surface area contributed by atoms with Gasteiger partial charge >= 0.3 is 5.97 Å². The highest BCUT2D eigenvalue weighted by atomic mass is 16.6. The molecule has 0 aliphatic rings. The van der Waals surface area contributed by atoms with Gasteiger partial charge in [-0.1, -0.05) is 0 Å². The number of carboxylic acids is 1. The Balaban J connectivity index is 2.77. The van der Waals surface area contributed by atoms with Gasteiger partial charge < -0.3 is 15.7 Å². The zero-order valence-electron chi connectivity index (χ0n) is 11.4. The van der Waals surface area contributed by atoms with Crippen LogP contribution in [0, 0.1) is 21.4 Å². The van der Waals surface area contributed by atoms with Gasteiger partial charge in [0.05, 0.1) is 4.92 Å². The molecule has 0 spiro atoms. The SMILES string of the molecule is CC(NC(=O)/C(C#N)=C\Nc1ccc([N+](=O)[O-])cc1)C(=O)O.